The van der Waals surface area contributed by atoms with Gasteiger partial charge in [0.1, 0.15) is 0 Å². The summed E-state index contributed by atoms with van der Waals surface area (Å²) in [6.07, 6.45) is 5.86. The second kappa shape index (κ2) is 7.56. The van der Waals surface area contributed by atoms with Gasteiger partial charge in [-0.15, -0.1) is 0 Å². The number of rotatable bonds is 7. The van der Waals surface area contributed by atoms with E-state index in [2.05, 4.69) is 52.6 Å². The van der Waals surface area contributed by atoms with Gasteiger partial charge in [-0.2, -0.15) is 0 Å². The van der Waals surface area contributed by atoms with Crippen LogP contribution in [0, 0.1) is 11.8 Å². The maximum Gasteiger partial charge on any atom is 0.00790 e. The Hall–Kier alpha value is -0.720. The molecule has 0 aliphatic carbocycles. The van der Waals surface area contributed by atoms with E-state index in [-0.39, 0.29) is 0 Å². The summed E-state index contributed by atoms with van der Waals surface area (Å²) in [5, 5.41) is 3.37. The second-order valence-corrected chi connectivity index (χ2v) is 4.94. The highest BCUT2D eigenvalue weighted by Crippen LogP contribution is 2.11. The van der Waals surface area contributed by atoms with Gasteiger partial charge in [0, 0.05) is 11.4 Å². The van der Waals surface area contributed by atoms with Crippen LogP contribution in [0.15, 0.2) is 24.0 Å². The molecule has 0 radical (unpaired) electrons. The van der Waals surface area contributed by atoms with E-state index < -0.39 is 0 Å². The zero-order chi connectivity index (χ0) is 11.8. The Morgan fingerprint density at radius 3 is 2.40 bits per heavy atom. The van der Waals surface area contributed by atoms with Crippen molar-refractivity contribution < 1.29 is 0 Å². The normalized spacial score (nSPS) is 14.1. The Morgan fingerprint density at radius 2 is 1.93 bits per heavy atom. The molecule has 0 fully saturated rings. The van der Waals surface area contributed by atoms with Crippen molar-refractivity contribution in [3.63, 3.8) is 0 Å². The van der Waals surface area contributed by atoms with Gasteiger partial charge in [-0.1, -0.05) is 46.8 Å². The van der Waals surface area contributed by atoms with Crippen molar-refractivity contribution >= 4 is 0 Å². The first kappa shape index (κ1) is 14.3. The molecule has 1 unspecified atom stereocenters. The Morgan fingerprint density at radius 1 is 1.33 bits per heavy atom. The topological polar surface area (TPSA) is 12.0 Å². The monoisotopic (exact) mass is 209 g/mol. The highest BCUT2D eigenvalue weighted by molar-refractivity contribution is 5.07. The lowest BCUT2D eigenvalue weighted by molar-refractivity contribution is 0.608. The molecule has 1 nitrogen and oxygen atoms in total. The molecule has 0 aliphatic heterocycles. The molecule has 0 bridgehead atoms. The first-order valence-electron chi connectivity index (χ1n) is 6.08. The molecular weight excluding hydrogens is 182 g/mol. The Kier molecular flexibility index (Phi) is 7.19. The predicted molar refractivity (Wildman–Crippen MR) is 69.6 cm³/mol. The molecule has 1 N–H and O–H groups in total. The van der Waals surface area contributed by atoms with E-state index >= 15 is 0 Å². The molecule has 0 aromatic heterocycles. The van der Waals surface area contributed by atoms with Crippen LogP contribution in [0.3, 0.4) is 0 Å². The highest BCUT2D eigenvalue weighted by Gasteiger charge is 2.00. The van der Waals surface area contributed by atoms with Gasteiger partial charge in [-0.3, -0.25) is 0 Å². The first-order chi connectivity index (χ1) is 6.95. The SMILES string of the molecule is C=C(CC(C)C)N/C(C)=C\C(C)CCC. The minimum Gasteiger partial charge on any atom is -0.363 e. The predicted octanol–water partition coefficient (Wildman–Crippen LogP) is 4.48. The maximum absolute atomic E-state index is 4.04. The molecule has 1 heteroatoms. The van der Waals surface area contributed by atoms with Crippen LogP contribution in [0.4, 0.5) is 0 Å². The molecule has 0 spiro atoms. The summed E-state index contributed by atoms with van der Waals surface area (Å²) in [5.74, 6) is 1.33. The van der Waals surface area contributed by atoms with Crippen LogP contribution in [0.1, 0.15) is 53.9 Å². The van der Waals surface area contributed by atoms with E-state index in [9.17, 15) is 0 Å². The molecular formula is C14H27N. The summed E-state index contributed by atoms with van der Waals surface area (Å²) in [7, 11) is 0. The summed E-state index contributed by atoms with van der Waals surface area (Å²) in [6, 6.07) is 0. The highest BCUT2D eigenvalue weighted by atomic mass is 14.9. The zero-order valence-corrected chi connectivity index (χ0v) is 11.1. The van der Waals surface area contributed by atoms with Gasteiger partial charge in [0.25, 0.3) is 0 Å². The summed E-state index contributed by atoms with van der Waals surface area (Å²) in [4.78, 5) is 0. The minimum atomic E-state index is 0.661. The summed E-state index contributed by atoms with van der Waals surface area (Å²) >= 11 is 0. The van der Waals surface area contributed by atoms with E-state index in [0.29, 0.717) is 11.8 Å². The maximum atomic E-state index is 4.04. The lowest BCUT2D eigenvalue weighted by atomic mass is 10.0. The van der Waals surface area contributed by atoms with Gasteiger partial charge in [0.05, 0.1) is 0 Å². The number of allylic oxidation sites excluding steroid dienone is 3. The zero-order valence-electron chi connectivity index (χ0n) is 11.1. The van der Waals surface area contributed by atoms with Crippen molar-refractivity contribution in [2.45, 2.75) is 53.9 Å². The van der Waals surface area contributed by atoms with Gasteiger partial charge < -0.3 is 5.32 Å². The van der Waals surface area contributed by atoms with E-state index in [4.69, 9.17) is 0 Å². The van der Waals surface area contributed by atoms with Gasteiger partial charge in [0.2, 0.25) is 0 Å². The third-order valence-electron chi connectivity index (χ3n) is 2.31. The van der Waals surface area contributed by atoms with Crippen molar-refractivity contribution in [2.75, 3.05) is 0 Å². The van der Waals surface area contributed by atoms with Crippen LogP contribution in [-0.4, -0.2) is 0 Å². The quantitative estimate of drug-likeness (QED) is 0.652. The van der Waals surface area contributed by atoms with E-state index in [1.807, 2.05) is 0 Å². The molecule has 0 saturated carbocycles. The Bertz CT molecular complexity index is 213. The van der Waals surface area contributed by atoms with Gasteiger partial charge in [-0.25, -0.2) is 0 Å². The lowest BCUT2D eigenvalue weighted by Gasteiger charge is -2.13. The van der Waals surface area contributed by atoms with Crippen LogP contribution in [0.5, 0.6) is 0 Å². The number of nitrogens with one attached hydrogen (secondary N) is 1. The number of hydrogen-bond acceptors (Lipinski definition) is 1. The molecule has 0 heterocycles. The smallest absolute Gasteiger partial charge is 0.00790 e. The number of hydrogen-bond donors (Lipinski definition) is 1. The fraction of sp³-hybridized carbons (Fsp3) is 0.714. The van der Waals surface area contributed by atoms with Gasteiger partial charge in [0.15, 0.2) is 0 Å². The van der Waals surface area contributed by atoms with Gasteiger partial charge in [-0.05, 0) is 31.6 Å². The molecule has 15 heavy (non-hydrogen) atoms. The lowest BCUT2D eigenvalue weighted by Crippen LogP contribution is -2.12. The molecule has 0 saturated heterocycles. The van der Waals surface area contributed by atoms with Crippen molar-refractivity contribution in [3.8, 4) is 0 Å². The van der Waals surface area contributed by atoms with E-state index in [1.165, 1.54) is 18.5 Å². The summed E-state index contributed by atoms with van der Waals surface area (Å²) < 4.78 is 0. The van der Waals surface area contributed by atoms with Crippen molar-refractivity contribution in [3.05, 3.63) is 24.0 Å². The molecule has 1 atom stereocenters. The molecule has 0 amide bonds. The van der Waals surface area contributed by atoms with Crippen LogP contribution in [0.2, 0.25) is 0 Å². The second-order valence-electron chi connectivity index (χ2n) is 4.94. The fourth-order valence-corrected chi connectivity index (χ4v) is 1.83. The van der Waals surface area contributed by atoms with E-state index in [1.54, 1.807) is 0 Å². The van der Waals surface area contributed by atoms with Crippen molar-refractivity contribution in [1.29, 1.82) is 0 Å². The fourth-order valence-electron chi connectivity index (χ4n) is 1.83. The molecule has 0 aliphatic rings. The van der Waals surface area contributed by atoms with Gasteiger partial charge >= 0.3 is 0 Å². The van der Waals surface area contributed by atoms with Crippen LogP contribution >= 0.6 is 0 Å². The molecule has 0 aromatic carbocycles. The molecule has 0 rings (SSSR count). The molecule has 0 aromatic rings. The standard InChI is InChI=1S/C14H27N/c1-7-8-12(4)10-14(6)15-13(5)9-11(2)3/h10-12,15H,5,7-9H2,1-4,6H3/b14-10-. The van der Waals surface area contributed by atoms with Crippen molar-refractivity contribution in [1.82, 2.24) is 5.32 Å². The van der Waals surface area contributed by atoms with Crippen LogP contribution in [0.25, 0.3) is 0 Å². The third-order valence-corrected chi connectivity index (χ3v) is 2.31. The third kappa shape index (κ3) is 8.29. The van der Waals surface area contributed by atoms with E-state index in [0.717, 1.165) is 12.1 Å². The average Bonchev–Trinajstić information content (AvgIpc) is 2.00. The Balaban J connectivity index is 4.00. The first-order valence-corrected chi connectivity index (χ1v) is 6.08. The van der Waals surface area contributed by atoms with Crippen LogP contribution < -0.4 is 5.32 Å². The minimum absolute atomic E-state index is 0.661. The molecule has 88 valence electrons. The largest absolute Gasteiger partial charge is 0.363 e. The average molecular weight is 209 g/mol. The van der Waals surface area contributed by atoms with Crippen molar-refractivity contribution in [2.24, 2.45) is 11.8 Å². The summed E-state index contributed by atoms with van der Waals surface area (Å²) in [5.41, 5.74) is 2.36. The summed E-state index contributed by atoms with van der Waals surface area (Å²) in [6.45, 7) is 15.1. The Labute approximate surface area is 95.7 Å². The van der Waals surface area contributed by atoms with Crippen LogP contribution in [-0.2, 0) is 0 Å².